The second-order valence-corrected chi connectivity index (χ2v) is 6.18. The van der Waals surface area contributed by atoms with E-state index in [-0.39, 0.29) is 0 Å². The lowest BCUT2D eigenvalue weighted by atomic mass is 10.1. The Morgan fingerprint density at radius 1 is 1.14 bits per heavy atom. The van der Waals surface area contributed by atoms with Crippen LogP contribution in [0.5, 0.6) is 0 Å². The molecule has 120 valence electrons. The number of anilines is 1. The molecule has 3 heteroatoms. The van der Waals surface area contributed by atoms with E-state index in [9.17, 15) is 0 Å². The highest BCUT2D eigenvalue weighted by molar-refractivity contribution is 5.42. The minimum Gasteiger partial charge on any atom is -0.357 e. The highest BCUT2D eigenvalue weighted by Crippen LogP contribution is 2.17. The van der Waals surface area contributed by atoms with Crippen molar-refractivity contribution in [1.82, 2.24) is 10.3 Å². The van der Waals surface area contributed by atoms with Crippen LogP contribution in [0.25, 0.3) is 0 Å². The highest BCUT2D eigenvalue weighted by Gasteiger charge is 2.08. The molecule has 0 fully saturated rings. The Labute approximate surface area is 131 Å². The predicted octanol–water partition coefficient (Wildman–Crippen LogP) is 4.02. The summed E-state index contributed by atoms with van der Waals surface area (Å²) in [5, 5.41) is 3.54. The maximum atomic E-state index is 4.85. The average molecular weight is 291 g/mol. The van der Waals surface area contributed by atoms with Gasteiger partial charge in [-0.3, -0.25) is 0 Å². The molecule has 0 unspecified atom stereocenters. The van der Waals surface area contributed by atoms with Crippen LogP contribution in [0.3, 0.4) is 0 Å². The fraction of sp³-hybridized carbons (Fsp3) is 0.722. The number of hydrogen-bond acceptors (Lipinski definition) is 3. The van der Waals surface area contributed by atoms with Crippen molar-refractivity contribution in [2.45, 2.75) is 60.4 Å². The van der Waals surface area contributed by atoms with Crippen LogP contribution in [0, 0.1) is 5.92 Å². The zero-order valence-electron chi connectivity index (χ0n) is 14.6. The second-order valence-electron chi connectivity index (χ2n) is 6.18. The molecule has 1 aromatic rings. The van der Waals surface area contributed by atoms with Crippen LogP contribution in [-0.2, 0) is 13.0 Å². The Bertz CT molecular complexity index is 401. The van der Waals surface area contributed by atoms with Crippen molar-refractivity contribution in [3.63, 3.8) is 0 Å². The third-order valence-electron chi connectivity index (χ3n) is 3.51. The topological polar surface area (TPSA) is 28.2 Å². The summed E-state index contributed by atoms with van der Waals surface area (Å²) in [5.74, 6) is 1.83. The van der Waals surface area contributed by atoms with E-state index < -0.39 is 0 Å². The van der Waals surface area contributed by atoms with Crippen LogP contribution >= 0.6 is 0 Å². The summed E-state index contributed by atoms with van der Waals surface area (Å²) in [6, 6.07) is 4.52. The minimum atomic E-state index is 0.689. The van der Waals surface area contributed by atoms with Gasteiger partial charge in [0.25, 0.3) is 0 Å². The smallest absolute Gasteiger partial charge is 0.129 e. The van der Waals surface area contributed by atoms with Crippen LogP contribution in [0.15, 0.2) is 12.1 Å². The van der Waals surface area contributed by atoms with E-state index >= 15 is 0 Å². The van der Waals surface area contributed by atoms with Crippen LogP contribution in [0.1, 0.15) is 58.7 Å². The van der Waals surface area contributed by atoms with Crippen LogP contribution in [0.4, 0.5) is 5.82 Å². The van der Waals surface area contributed by atoms with Crippen molar-refractivity contribution < 1.29 is 0 Å². The largest absolute Gasteiger partial charge is 0.357 e. The Kier molecular flexibility index (Phi) is 8.36. The number of rotatable bonds is 10. The van der Waals surface area contributed by atoms with Gasteiger partial charge < -0.3 is 10.2 Å². The molecule has 1 aromatic heterocycles. The number of aromatic nitrogens is 1. The second kappa shape index (κ2) is 9.78. The Balaban J connectivity index is 2.88. The zero-order valence-corrected chi connectivity index (χ0v) is 14.6. The fourth-order valence-electron chi connectivity index (χ4n) is 2.49. The van der Waals surface area contributed by atoms with Crippen molar-refractivity contribution in [1.29, 1.82) is 0 Å². The molecule has 0 aliphatic heterocycles. The molecule has 0 saturated heterocycles. The van der Waals surface area contributed by atoms with E-state index in [0.29, 0.717) is 5.92 Å². The number of nitrogens with one attached hydrogen (secondary N) is 1. The van der Waals surface area contributed by atoms with Gasteiger partial charge in [-0.25, -0.2) is 4.98 Å². The Morgan fingerprint density at radius 3 is 2.48 bits per heavy atom. The van der Waals surface area contributed by atoms with Crippen LogP contribution in [-0.4, -0.2) is 24.6 Å². The number of nitrogens with zero attached hydrogens (tertiary/aromatic N) is 2. The molecule has 3 nitrogen and oxygen atoms in total. The van der Waals surface area contributed by atoms with Gasteiger partial charge in [-0.2, -0.15) is 0 Å². The van der Waals surface area contributed by atoms with E-state index in [4.69, 9.17) is 4.98 Å². The maximum absolute atomic E-state index is 4.85. The molecular formula is C18H33N3. The normalized spacial score (nSPS) is 11.1. The van der Waals surface area contributed by atoms with Gasteiger partial charge in [0, 0.05) is 25.3 Å². The van der Waals surface area contributed by atoms with Crippen LogP contribution < -0.4 is 10.2 Å². The summed E-state index contributed by atoms with van der Waals surface area (Å²) in [6.45, 7) is 15.2. The first kappa shape index (κ1) is 18.0. The summed E-state index contributed by atoms with van der Waals surface area (Å²) in [6.07, 6.45) is 3.37. The zero-order chi connectivity index (χ0) is 15.7. The van der Waals surface area contributed by atoms with Crippen molar-refractivity contribution in [3.8, 4) is 0 Å². The lowest BCUT2D eigenvalue weighted by Crippen LogP contribution is -2.25. The van der Waals surface area contributed by atoms with Crippen molar-refractivity contribution in [2.75, 3.05) is 24.5 Å². The summed E-state index contributed by atoms with van der Waals surface area (Å²) < 4.78 is 0. The first-order chi connectivity index (χ1) is 10.1. The van der Waals surface area contributed by atoms with E-state index in [2.05, 4.69) is 57.0 Å². The summed E-state index contributed by atoms with van der Waals surface area (Å²) in [7, 11) is 0. The fourth-order valence-corrected chi connectivity index (χ4v) is 2.49. The summed E-state index contributed by atoms with van der Waals surface area (Å²) >= 11 is 0. The molecule has 0 atom stereocenters. The third kappa shape index (κ3) is 6.47. The van der Waals surface area contributed by atoms with Gasteiger partial charge in [-0.15, -0.1) is 0 Å². The maximum Gasteiger partial charge on any atom is 0.129 e. The first-order valence-electron chi connectivity index (χ1n) is 8.56. The van der Waals surface area contributed by atoms with E-state index in [1.165, 1.54) is 11.3 Å². The molecule has 0 bridgehead atoms. The third-order valence-corrected chi connectivity index (χ3v) is 3.51. The molecular weight excluding hydrogens is 258 g/mol. The molecule has 1 heterocycles. The highest BCUT2D eigenvalue weighted by atomic mass is 15.2. The molecule has 21 heavy (non-hydrogen) atoms. The van der Waals surface area contributed by atoms with Crippen molar-refractivity contribution in [3.05, 3.63) is 23.4 Å². The molecule has 0 spiro atoms. The van der Waals surface area contributed by atoms with Gasteiger partial charge in [0.05, 0.1) is 0 Å². The molecule has 1 N–H and O–H groups in total. The van der Waals surface area contributed by atoms with Gasteiger partial charge >= 0.3 is 0 Å². The standard InChI is InChI=1S/C18H33N3/c1-6-9-17-11-16(14-19-13-15(4)5)12-18(20-17)21(8-3)10-7-2/h11-12,15,19H,6-10,13-14H2,1-5H3. The monoisotopic (exact) mass is 291 g/mol. The molecule has 1 rings (SSSR count). The minimum absolute atomic E-state index is 0.689. The van der Waals surface area contributed by atoms with Gasteiger partial charge in [-0.05, 0) is 49.9 Å². The van der Waals surface area contributed by atoms with Crippen LogP contribution in [0.2, 0.25) is 0 Å². The molecule has 0 saturated carbocycles. The quantitative estimate of drug-likeness (QED) is 0.706. The van der Waals surface area contributed by atoms with Crippen molar-refractivity contribution >= 4 is 5.82 Å². The van der Waals surface area contributed by atoms with Gasteiger partial charge in [0.2, 0.25) is 0 Å². The van der Waals surface area contributed by atoms with Gasteiger partial charge in [0.15, 0.2) is 0 Å². The molecule has 0 aromatic carbocycles. The number of aryl methyl sites for hydroxylation is 1. The lowest BCUT2D eigenvalue weighted by molar-refractivity contribution is 0.552. The van der Waals surface area contributed by atoms with Crippen molar-refractivity contribution in [2.24, 2.45) is 5.92 Å². The molecule has 0 aliphatic carbocycles. The Morgan fingerprint density at radius 2 is 1.90 bits per heavy atom. The Hall–Kier alpha value is -1.09. The van der Waals surface area contributed by atoms with E-state index in [1.54, 1.807) is 0 Å². The first-order valence-corrected chi connectivity index (χ1v) is 8.56. The average Bonchev–Trinajstić information content (AvgIpc) is 2.44. The lowest BCUT2D eigenvalue weighted by Gasteiger charge is -2.23. The number of pyridine rings is 1. The SMILES string of the molecule is CCCc1cc(CNCC(C)C)cc(N(CC)CCC)n1. The van der Waals surface area contributed by atoms with E-state index in [0.717, 1.165) is 51.3 Å². The van der Waals surface area contributed by atoms with Gasteiger partial charge in [0.1, 0.15) is 5.82 Å². The molecule has 0 radical (unpaired) electrons. The van der Waals surface area contributed by atoms with E-state index in [1.807, 2.05) is 0 Å². The molecule has 0 amide bonds. The number of hydrogen-bond donors (Lipinski definition) is 1. The molecule has 0 aliphatic rings. The summed E-state index contributed by atoms with van der Waals surface area (Å²) in [4.78, 5) is 7.23. The van der Waals surface area contributed by atoms with Gasteiger partial charge in [-0.1, -0.05) is 34.1 Å². The predicted molar refractivity (Wildman–Crippen MR) is 93.0 cm³/mol. The summed E-state index contributed by atoms with van der Waals surface area (Å²) in [5.41, 5.74) is 2.59.